The van der Waals surface area contributed by atoms with E-state index in [9.17, 15) is 13.2 Å². The van der Waals surface area contributed by atoms with Crippen molar-refractivity contribution in [1.82, 2.24) is 4.57 Å². The lowest BCUT2D eigenvalue weighted by atomic mass is 10.0. The average Bonchev–Trinajstić information content (AvgIpc) is 3.20. The number of hydrogen-bond acceptors (Lipinski definition) is 6. The van der Waals surface area contributed by atoms with Gasteiger partial charge in [-0.25, -0.2) is 8.42 Å². The highest BCUT2D eigenvalue weighted by Crippen LogP contribution is 2.35. The highest BCUT2D eigenvalue weighted by Gasteiger charge is 2.29. The van der Waals surface area contributed by atoms with Crippen molar-refractivity contribution >= 4 is 43.2 Å². The van der Waals surface area contributed by atoms with Gasteiger partial charge < -0.3 is 14.0 Å². The van der Waals surface area contributed by atoms with E-state index in [0.29, 0.717) is 47.3 Å². The highest BCUT2D eigenvalue weighted by molar-refractivity contribution is 7.92. The van der Waals surface area contributed by atoms with Crippen molar-refractivity contribution in [3.05, 3.63) is 76.6 Å². The van der Waals surface area contributed by atoms with Gasteiger partial charge in [0.1, 0.15) is 13.2 Å². The van der Waals surface area contributed by atoms with Crippen molar-refractivity contribution in [1.29, 1.82) is 0 Å². The maximum Gasteiger partial charge on any atom is 0.279 e. The van der Waals surface area contributed by atoms with E-state index < -0.39 is 15.9 Å². The minimum Gasteiger partial charge on any atom is -0.486 e. The quantitative estimate of drug-likeness (QED) is 0.408. The van der Waals surface area contributed by atoms with Gasteiger partial charge in [-0.3, -0.25) is 9.10 Å². The van der Waals surface area contributed by atoms with E-state index in [0.717, 1.165) is 28.6 Å². The van der Waals surface area contributed by atoms with E-state index in [1.54, 1.807) is 0 Å². The van der Waals surface area contributed by atoms with Crippen LogP contribution >= 0.6 is 11.3 Å². The van der Waals surface area contributed by atoms with Crippen LogP contribution in [0.25, 0.3) is 10.2 Å². The first-order valence-corrected chi connectivity index (χ1v) is 13.9. The number of amides is 1. The number of ether oxygens (including phenoxy) is 2. The molecule has 3 heterocycles. The van der Waals surface area contributed by atoms with Gasteiger partial charge in [-0.1, -0.05) is 29.5 Å². The largest absolute Gasteiger partial charge is 0.486 e. The summed E-state index contributed by atoms with van der Waals surface area (Å²) in [6, 6.07) is 17.3. The molecule has 3 aromatic carbocycles. The molecule has 2 aliphatic rings. The Hall–Kier alpha value is -3.63. The maximum absolute atomic E-state index is 13.4. The van der Waals surface area contributed by atoms with E-state index in [-0.39, 0.29) is 4.90 Å². The van der Waals surface area contributed by atoms with Gasteiger partial charge in [-0.05, 0) is 48.7 Å². The van der Waals surface area contributed by atoms with Gasteiger partial charge in [-0.2, -0.15) is 4.99 Å². The van der Waals surface area contributed by atoms with E-state index in [1.807, 2.05) is 48.0 Å². The molecule has 1 aromatic heterocycles. The summed E-state index contributed by atoms with van der Waals surface area (Å²) in [5, 5.41) is 0. The van der Waals surface area contributed by atoms with Crippen molar-refractivity contribution in [2.75, 3.05) is 24.1 Å². The summed E-state index contributed by atoms with van der Waals surface area (Å²) in [5.41, 5.74) is 2.94. The Morgan fingerprint density at radius 3 is 2.50 bits per heavy atom. The summed E-state index contributed by atoms with van der Waals surface area (Å²) in [7, 11) is -1.90. The number of carbonyl (C=O) groups excluding carboxylic acids is 1. The predicted octanol–water partition coefficient (Wildman–Crippen LogP) is 3.89. The van der Waals surface area contributed by atoms with Crippen molar-refractivity contribution in [3.63, 3.8) is 0 Å². The van der Waals surface area contributed by atoms with Gasteiger partial charge in [0.05, 0.1) is 20.8 Å². The fraction of sp³-hybridized carbons (Fsp3) is 0.231. The number of anilines is 1. The van der Waals surface area contributed by atoms with Crippen molar-refractivity contribution in [2.45, 2.75) is 17.7 Å². The molecular weight excluding hydrogens is 498 g/mol. The normalized spacial score (nSPS) is 15.7. The van der Waals surface area contributed by atoms with Gasteiger partial charge in [0.15, 0.2) is 16.3 Å². The molecule has 4 aromatic rings. The molecule has 0 radical (unpaired) electrons. The maximum atomic E-state index is 13.4. The molecule has 184 valence electrons. The minimum atomic E-state index is -3.74. The van der Waals surface area contributed by atoms with Crippen LogP contribution in [0.4, 0.5) is 5.69 Å². The molecule has 1 amide bonds. The van der Waals surface area contributed by atoms with Crippen LogP contribution in [0.3, 0.4) is 0 Å². The fourth-order valence-electron chi connectivity index (χ4n) is 4.57. The molecule has 0 bridgehead atoms. The smallest absolute Gasteiger partial charge is 0.279 e. The predicted molar refractivity (Wildman–Crippen MR) is 137 cm³/mol. The lowest BCUT2D eigenvalue weighted by Crippen LogP contribution is -2.35. The summed E-state index contributed by atoms with van der Waals surface area (Å²) in [6.07, 6.45) is 1.62. The van der Waals surface area contributed by atoms with Gasteiger partial charge in [0.2, 0.25) is 0 Å². The first-order valence-electron chi connectivity index (χ1n) is 11.6. The first kappa shape index (κ1) is 22.8. The van der Waals surface area contributed by atoms with Crippen LogP contribution < -0.4 is 18.6 Å². The van der Waals surface area contributed by atoms with E-state index in [2.05, 4.69) is 4.99 Å². The van der Waals surface area contributed by atoms with Gasteiger partial charge in [0.25, 0.3) is 15.9 Å². The molecule has 10 heteroatoms. The molecule has 36 heavy (non-hydrogen) atoms. The second-order valence-corrected chi connectivity index (χ2v) is 11.5. The molecule has 0 N–H and O–H groups in total. The fourth-order valence-corrected chi connectivity index (χ4v) is 7.14. The molecule has 0 atom stereocenters. The Labute approximate surface area is 212 Å². The molecule has 0 aliphatic carbocycles. The van der Waals surface area contributed by atoms with E-state index in [1.165, 1.54) is 39.9 Å². The number of fused-ring (bicyclic) bond motifs is 3. The summed E-state index contributed by atoms with van der Waals surface area (Å²) in [6.45, 7) is 1.43. The monoisotopic (exact) mass is 521 g/mol. The Morgan fingerprint density at radius 1 is 1.00 bits per heavy atom. The number of benzene rings is 3. The lowest BCUT2D eigenvalue weighted by Gasteiger charge is -2.30. The molecule has 8 nitrogen and oxygen atoms in total. The van der Waals surface area contributed by atoms with Crippen LogP contribution in [0.5, 0.6) is 11.5 Å². The molecule has 0 fully saturated rings. The highest BCUT2D eigenvalue weighted by atomic mass is 32.2. The first-order chi connectivity index (χ1) is 17.4. The number of nitrogens with zero attached hydrogens (tertiary/aromatic N) is 3. The standard InChI is InChI=1S/C26H23N3O5S2/c1-28-21-15-22-23(34-14-13-33-22)16-24(21)35-26(28)27-25(30)18-8-10-19(11-9-18)36(31,32)29-12-4-6-17-5-2-3-7-20(17)29/h2-3,5,7-11,15-16H,4,6,12-14H2,1H3. The summed E-state index contributed by atoms with van der Waals surface area (Å²) >= 11 is 1.38. The van der Waals surface area contributed by atoms with Gasteiger partial charge >= 0.3 is 0 Å². The molecule has 0 saturated heterocycles. The third-order valence-corrected chi connectivity index (χ3v) is 9.35. The zero-order valence-corrected chi connectivity index (χ0v) is 21.1. The average molecular weight is 522 g/mol. The molecule has 0 saturated carbocycles. The second kappa shape index (κ2) is 8.79. The van der Waals surface area contributed by atoms with Crippen LogP contribution in [0.2, 0.25) is 0 Å². The number of rotatable bonds is 3. The number of hydrogen-bond donors (Lipinski definition) is 0. The Bertz CT molecular complexity index is 1670. The van der Waals surface area contributed by atoms with E-state index >= 15 is 0 Å². The molecule has 0 spiro atoms. The molecule has 2 aliphatic heterocycles. The number of aromatic nitrogens is 1. The number of para-hydroxylation sites is 1. The number of aryl methyl sites for hydroxylation is 2. The SMILES string of the molecule is Cn1c(=NC(=O)c2ccc(S(=O)(=O)N3CCCc4ccccc43)cc2)sc2cc3c(cc21)OCCO3. The number of sulfonamides is 1. The third-order valence-electron chi connectivity index (χ3n) is 6.43. The topological polar surface area (TPSA) is 90.2 Å². The molecule has 0 unspecified atom stereocenters. The Kier molecular flexibility index (Phi) is 5.57. The second-order valence-electron chi connectivity index (χ2n) is 8.66. The number of carbonyl (C=O) groups is 1. The Balaban J connectivity index is 1.30. The molecular formula is C26H23N3O5S2. The summed E-state index contributed by atoms with van der Waals surface area (Å²) in [5.74, 6) is 0.913. The third kappa shape index (κ3) is 3.86. The van der Waals surface area contributed by atoms with Gasteiger partial charge in [-0.15, -0.1) is 0 Å². The van der Waals surface area contributed by atoms with Crippen LogP contribution in [0.1, 0.15) is 22.3 Å². The zero-order valence-electron chi connectivity index (χ0n) is 19.5. The summed E-state index contributed by atoms with van der Waals surface area (Å²) in [4.78, 5) is 17.9. The van der Waals surface area contributed by atoms with Crippen molar-refractivity contribution < 1.29 is 22.7 Å². The van der Waals surface area contributed by atoms with Crippen LogP contribution in [-0.2, 0) is 23.5 Å². The summed E-state index contributed by atoms with van der Waals surface area (Å²) < 4.78 is 42.3. The Morgan fingerprint density at radius 2 is 1.72 bits per heavy atom. The van der Waals surface area contributed by atoms with Crippen LogP contribution in [0, 0.1) is 0 Å². The zero-order chi connectivity index (χ0) is 24.9. The number of thiazole rings is 1. The minimum absolute atomic E-state index is 0.147. The van der Waals surface area contributed by atoms with Gasteiger partial charge in [0, 0.05) is 31.3 Å². The van der Waals surface area contributed by atoms with Crippen molar-refractivity contribution in [3.8, 4) is 11.5 Å². The van der Waals surface area contributed by atoms with E-state index in [4.69, 9.17) is 9.47 Å². The lowest BCUT2D eigenvalue weighted by molar-refractivity contribution is 0.0998. The molecule has 6 rings (SSSR count). The van der Waals surface area contributed by atoms with Crippen LogP contribution in [-0.4, -0.2) is 38.7 Å². The van der Waals surface area contributed by atoms with Crippen LogP contribution in [0.15, 0.2) is 70.6 Å². The van der Waals surface area contributed by atoms with Crippen molar-refractivity contribution in [2.24, 2.45) is 12.0 Å².